The van der Waals surface area contributed by atoms with Crippen LogP contribution < -0.4 is 0 Å². The van der Waals surface area contributed by atoms with Crippen LogP contribution in [-0.4, -0.2) is 97.5 Å². The summed E-state index contributed by atoms with van der Waals surface area (Å²) in [6, 6.07) is 0. The van der Waals surface area contributed by atoms with Crippen LogP contribution in [0.2, 0.25) is 0 Å². The van der Waals surface area contributed by atoms with Gasteiger partial charge in [-0.15, -0.1) is 0 Å². The van der Waals surface area contributed by atoms with Crippen molar-refractivity contribution in [3.63, 3.8) is 0 Å². The number of epoxide rings is 3. The van der Waals surface area contributed by atoms with E-state index in [1.54, 1.807) is 0 Å². The normalized spacial score (nSPS) is 52.9. The molecule has 5 aliphatic heterocycles. The molecule has 3 aliphatic carbocycles. The molecule has 35 heavy (non-hydrogen) atoms. The molecule has 0 unspecified atom stereocenters. The number of fused-ring (bicyclic) bond motifs is 4. The smallest absolute Gasteiger partial charge is 0.334 e. The second-order valence-corrected chi connectivity index (χ2v) is 12.3. The minimum atomic E-state index is -0.692. The van der Waals surface area contributed by atoms with Gasteiger partial charge in [-0.3, -0.25) is 9.69 Å². The van der Waals surface area contributed by atoms with Crippen molar-refractivity contribution >= 4 is 11.9 Å². The van der Waals surface area contributed by atoms with Gasteiger partial charge >= 0.3 is 11.9 Å². The number of morpholine rings is 1. The fourth-order valence-corrected chi connectivity index (χ4v) is 8.95. The van der Waals surface area contributed by atoms with Gasteiger partial charge in [-0.25, -0.2) is 4.79 Å². The van der Waals surface area contributed by atoms with E-state index in [4.69, 9.17) is 28.4 Å². The minimum Gasteiger partial charge on any atom is -0.458 e. The molecule has 8 rings (SSSR count). The molecule has 8 aliphatic rings. The fourth-order valence-electron chi connectivity index (χ4n) is 8.95. The Morgan fingerprint density at radius 1 is 1.17 bits per heavy atom. The van der Waals surface area contributed by atoms with Gasteiger partial charge in [0, 0.05) is 24.1 Å². The van der Waals surface area contributed by atoms with Gasteiger partial charge in [-0.05, 0) is 36.7 Å². The summed E-state index contributed by atoms with van der Waals surface area (Å²) < 4.78 is 37.2. The highest BCUT2D eigenvalue weighted by Gasteiger charge is 3.01. The maximum atomic E-state index is 13.3. The van der Waals surface area contributed by atoms with Crippen LogP contribution in [0.4, 0.5) is 0 Å². The van der Waals surface area contributed by atoms with E-state index in [0.717, 1.165) is 37.1 Å². The summed E-state index contributed by atoms with van der Waals surface area (Å²) in [7, 11) is 0. The van der Waals surface area contributed by atoms with Gasteiger partial charge in [0.25, 0.3) is 0 Å². The predicted octanol–water partition coefficient (Wildman–Crippen LogP) is 0.986. The van der Waals surface area contributed by atoms with E-state index in [0.29, 0.717) is 26.2 Å². The van der Waals surface area contributed by atoms with Crippen molar-refractivity contribution in [3.8, 4) is 0 Å². The van der Waals surface area contributed by atoms with Gasteiger partial charge in [-0.1, -0.05) is 20.8 Å². The lowest BCUT2D eigenvalue weighted by molar-refractivity contribution is -0.171. The number of esters is 2. The minimum absolute atomic E-state index is 0.0722. The molecule has 4 saturated heterocycles. The zero-order valence-corrected chi connectivity index (χ0v) is 20.5. The Bertz CT molecular complexity index is 1070. The largest absolute Gasteiger partial charge is 0.458 e. The number of rotatable bonds is 4. The maximum Gasteiger partial charge on any atom is 0.334 e. The standard InChI is InChI=1S/C26H33NO8/c1-13(2)24-19(34-24)20-26(35-20)23(3)5-4-14-15(12-31-21(14)29)16(23)10-17-25(26,33-17)22(24)32-18(28)11-27-6-8-30-9-7-27/h13,16-17,19-20,22H,4-12H2,1-3H3/t16-,17-,19-,20-,22+,23-,24-,25+,26+/m0/s1. The van der Waals surface area contributed by atoms with Gasteiger partial charge in [0.05, 0.1) is 25.9 Å². The number of carbonyl (C=O) groups excluding carboxylic acids is 2. The van der Waals surface area contributed by atoms with Crippen LogP contribution in [-0.2, 0) is 38.0 Å². The predicted molar refractivity (Wildman–Crippen MR) is 118 cm³/mol. The quantitative estimate of drug-likeness (QED) is 0.424. The molecular weight excluding hydrogens is 454 g/mol. The second kappa shape index (κ2) is 6.48. The fraction of sp³-hybridized carbons (Fsp3) is 0.846. The topological polar surface area (TPSA) is 103 Å². The van der Waals surface area contributed by atoms with Gasteiger partial charge in [-0.2, -0.15) is 0 Å². The molecule has 9 atom stereocenters. The Labute approximate surface area is 204 Å². The average Bonchev–Trinajstić information content (AvgIpc) is 3.73. The first-order valence-electron chi connectivity index (χ1n) is 13.2. The van der Waals surface area contributed by atoms with E-state index < -0.39 is 22.9 Å². The van der Waals surface area contributed by atoms with E-state index in [1.807, 2.05) is 0 Å². The van der Waals surface area contributed by atoms with Crippen LogP contribution in [0.5, 0.6) is 0 Å². The summed E-state index contributed by atoms with van der Waals surface area (Å²) in [5.74, 6) is -0.0791. The van der Waals surface area contributed by atoms with Crippen molar-refractivity contribution in [2.24, 2.45) is 17.3 Å². The number of carbonyl (C=O) groups is 2. The highest BCUT2D eigenvalue weighted by Crippen LogP contribution is 2.83. The Hall–Kier alpha value is -1.52. The first kappa shape index (κ1) is 21.6. The highest BCUT2D eigenvalue weighted by atomic mass is 16.8. The van der Waals surface area contributed by atoms with Gasteiger partial charge in [0.15, 0.2) is 11.7 Å². The molecule has 0 N–H and O–H groups in total. The van der Waals surface area contributed by atoms with E-state index in [9.17, 15) is 9.59 Å². The SMILES string of the molecule is CC(C)[C@]12O[C@H]1[C@@H]1O[C@]13[C@]1(O[C@H]1C[C@H]1C4=C(CC[C@@]13C)C(=O)OC4)[C@@H]2OC(=O)CN1CCOCC1. The van der Waals surface area contributed by atoms with Crippen molar-refractivity contribution in [1.29, 1.82) is 0 Å². The molecule has 0 aromatic carbocycles. The summed E-state index contributed by atoms with van der Waals surface area (Å²) in [4.78, 5) is 27.7. The summed E-state index contributed by atoms with van der Waals surface area (Å²) in [5.41, 5.74) is -0.0766. The summed E-state index contributed by atoms with van der Waals surface area (Å²) in [6.45, 7) is 9.91. The van der Waals surface area contributed by atoms with Crippen LogP contribution in [0.1, 0.15) is 40.0 Å². The van der Waals surface area contributed by atoms with Crippen molar-refractivity contribution in [2.45, 2.75) is 81.3 Å². The molecule has 0 amide bonds. The molecule has 9 heteroatoms. The molecule has 0 bridgehead atoms. The Kier molecular flexibility index (Phi) is 3.99. The van der Waals surface area contributed by atoms with E-state index >= 15 is 0 Å². The summed E-state index contributed by atoms with van der Waals surface area (Å²) >= 11 is 0. The molecule has 2 spiro atoms. The number of cyclic esters (lactones) is 1. The van der Waals surface area contributed by atoms with Gasteiger partial charge < -0.3 is 28.4 Å². The van der Waals surface area contributed by atoms with E-state index in [2.05, 4.69) is 25.7 Å². The zero-order chi connectivity index (χ0) is 24.0. The third kappa shape index (κ3) is 2.30. The Morgan fingerprint density at radius 2 is 1.97 bits per heavy atom. The molecule has 9 nitrogen and oxygen atoms in total. The van der Waals surface area contributed by atoms with Crippen LogP contribution in [0.15, 0.2) is 11.1 Å². The lowest BCUT2D eigenvalue weighted by Gasteiger charge is -2.53. The summed E-state index contributed by atoms with van der Waals surface area (Å²) in [5, 5.41) is 0. The Balaban J connectivity index is 1.16. The second-order valence-electron chi connectivity index (χ2n) is 12.3. The van der Waals surface area contributed by atoms with Crippen LogP contribution in [0.25, 0.3) is 0 Å². The molecule has 6 fully saturated rings. The lowest BCUT2D eigenvalue weighted by atomic mass is 9.46. The molecule has 0 aromatic rings. The molecule has 5 heterocycles. The zero-order valence-electron chi connectivity index (χ0n) is 20.5. The summed E-state index contributed by atoms with van der Waals surface area (Å²) in [6.07, 6.45) is 1.54. The van der Waals surface area contributed by atoms with Crippen LogP contribution in [0.3, 0.4) is 0 Å². The highest BCUT2D eigenvalue weighted by molar-refractivity contribution is 5.92. The first-order valence-corrected chi connectivity index (χ1v) is 13.2. The molecular formula is C26H33NO8. The molecule has 190 valence electrons. The van der Waals surface area contributed by atoms with Gasteiger partial charge in [0.1, 0.15) is 30.0 Å². The third-order valence-electron chi connectivity index (χ3n) is 10.8. The molecule has 2 saturated carbocycles. The first-order chi connectivity index (χ1) is 16.8. The lowest BCUT2D eigenvalue weighted by Crippen LogP contribution is -2.70. The number of hydrogen-bond donors (Lipinski definition) is 0. The maximum absolute atomic E-state index is 13.3. The van der Waals surface area contributed by atoms with E-state index in [-0.39, 0.29) is 54.0 Å². The van der Waals surface area contributed by atoms with Gasteiger partial charge in [0.2, 0.25) is 0 Å². The van der Waals surface area contributed by atoms with Crippen LogP contribution >= 0.6 is 0 Å². The van der Waals surface area contributed by atoms with Crippen molar-refractivity contribution in [3.05, 3.63) is 11.1 Å². The third-order valence-corrected chi connectivity index (χ3v) is 10.8. The van der Waals surface area contributed by atoms with Crippen LogP contribution in [0, 0.1) is 17.3 Å². The van der Waals surface area contributed by atoms with Crippen molar-refractivity contribution in [2.75, 3.05) is 39.5 Å². The van der Waals surface area contributed by atoms with Crippen molar-refractivity contribution < 1.29 is 38.0 Å². The molecule has 0 aromatic heterocycles. The monoisotopic (exact) mass is 487 g/mol. The number of hydrogen-bond acceptors (Lipinski definition) is 9. The van der Waals surface area contributed by atoms with Crippen molar-refractivity contribution in [1.82, 2.24) is 4.90 Å². The number of ether oxygens (including phenoxy) is 6. The average molecular weight is 488 g/mol. The molecule has 0 radical (unpaired) electrons. The van der Waals surface area contributed by atoms with E-state index in [1.165, 1.54) is 0 Å². The Morgan fingerprint density at radius 3 is 2.74 bits per heavy atom. The number of nitrogens with zero attached hydrogens (tertiary/aromatic N) is 1.